The average Bonchev–Trinajstić information content (AvgIpc) is 2.95. The topological polar surface area (TPSA) is 69.3 Å². The van der Waals surface area contributed by atoms with E-state index < -0.39 is 0 Å². The number of nitrogens with one attached hydrogen (secondary N) is 1. The van der Waals surface area contributed by atoms with Crippen LogP contribution in [0.15, 0.2) is 55.0 Å². The molecule has 0 spiro atoms. The summed E-state index contributed by atoms with van der Waals surface area (Å²) in [5.74, 6) is 0.0875. The van der Waals surface area contributed by atoms with Crippen molar-refractivity contribution in [2.45, 2.75) is 12.8 Å². The van der Waals surface area contributed by atoms with Crippen molar-refractivity contribution in [2.24, 2.45) is 0 Å². The van der Waals surface area contributed by atoms with E-state index in [-0.39, 0.29) is 11.8 Å². The van der Waals surface area contributed by atoms with Crippen molar-refractivity contribution in [3.63, 3.8) is 0 Å². The van der Waals surface area contributed by atoms with Crippen molar-refractivity contribution in [3.8, 4) is 0 Å². The highest BCUT2D eigenvalue weighted by atomic mass is 16.2. The number of H-pyrrole nitrogens is 1. The number of benzene rings is 1. The summed E-state index contributed by atoms with van der Waals surface area (Å²) in [6, 6.07) is 11.6. The molecule has 6 heteroatoms. The van der Waals surface area contributed by atoms with E-state index >= 15 is 0 Å². The highest BCUT2D eigenvalue weighted by Crippen LogP contribution is 2.19. The Hall–Kier alpha value is -3.15. The Morgan fingerprint density at radius 2 is 1.81 bits per heavy atom. The van der Waals surface area contributed by atoms with Crippen LogP contribution in [0.5, 0.6) is 0 Å². The number of fused-ring (bicyclic) bond motifs is 1. The van der Waals surface area contributed by atoms with E-state index in [4.69, 9.17) is 0 Å². The summed E-state index contributed by atoms with van der Waals surface area (Å²) in [7, 11) is 0. The van der Waals surface area contributed by atoms with Gasteiger partial charge in [-0.15, -0.1) is 0 Å². The van der Waals surface area contributed by atoms with Gasteiger partial charge in [-0.3, -0.25) is 14.6 Å². The number of carbonyl (C=O) groups is 2. The van der Waals surface area contributed by atoms with Crippen molar-refractivity contribution in [2.75, 3.05) is 26.2 Å². The van der Waals surface area contributed by atoms with Crippen LogP contribution in [-0.4, -0.2) is 57.8 Å². The Bertz CT molecular complexity index is 951. The van der Waals surface area contributed by atoms with Crippen LogP contribution in [-0.2, 0) is 11.2 Å². The van der Waals surface area contributed by atoms with Gasteiger partial charge in [0.05, 0.1) is 12.0 Å². The predicted molar refractivity (Wildman–Crippen MR) is 103 cm³/mol. The summed E-state index contributed by atoms with van der Waals surface area (Å²) in [4.78, 5) is 36.3. The first kappa shape index (κ1) is 17.3. The van der Waals surface area contributed by atoms with E-state index in [2.05, 4.69) is 9.97 Å². The van der Waals surface area contributed by atoms with Gasteiger partial charge >= 0.3 is 0 Å². The zero-order valence-electron chi connectivity index (χ0n) is 15.1. The summed E-state index contributed by atoms with van der Waals surface area (Å²) in [5, 5.41) is 1.09. The molecule has 3 heterocycles. The third-order valence-corrected chi connectivity index (χ3v) is 5.06. The van der Waals surface area contributed by atoms with Crippen molar-refractivity contribution < 1.29 is 9.59 Å². The van der Waals surface area contributed by atoms with E-state index in [1.54, 1.807) is 24.5 Å². The summed E-state index contributed by atoms with van der Waals surface area (Å²) >= 11 is 0. The number of amides is 2. The van der Waals surface area contributed by atoms with Gasteiger partial charge in [0.25, 0.3) is 5.91 Å². The average molecular weight is 362 g/mol. The number of hydrogen-bond donors (Lipinski definition) is 1. The molecule has 1 saturated heterocycles. The minimum atomic E-state index is -0.0194. The maximum atomic E-state index is 12.8. The first-order valence-corrected chi connectivity index (χ1v) is 9.24. The second-order valence-electron chi connectivity index (χ2n) is 6.80. The van der Waals surface area contributed by atoms with Crippen LogP contribution in [0.2, 0.25) is 0 Å². The molecule has 1 aliphatic heterocycles. The summed E-state index contributed by atoms with van der Waals surface area (Å²) in [6.07, 6.45) is 6.32. The lowest BCUT2D eigenvalue weighted by molar-refractivity contribution is -0.130. The number of pyridine rings is 1. The van der Waals surface area contributed by atoms with Crippen LogP contribution >= 0.6 is 0 Å². The first-order chi connectivity index (χ1) is 13.2. The van der Waals surface area contributed by atoms with Gasteiger partial charge in [-0.1, -0.05) is 18.2 Å². The number of para-hydroxylation sites is 1. The fourth-order valence-electron chi connectivity index (χ4n) is 3.59. The Morgan fingerprint density at radius 3 is 2.67 bits per heavy atom. The Balaban J connectivity index is 1.40. The van der Waals surface area contributed by atoms with E-state index in [1.165, 1.54) is 0 Å². The lowest BCUT2D eigenvalue weighted by atomic mass is 10.1. The molecule has 1 N–H and O–H groups in total. The van der Waals surface area contributed by atoms with Crippen LogP contribution in [0.3, 0.4) is 0 Å². The molecule has 27 heavy (non-hydrogen) atoms. The van der Waals surface area contributed by atoms with Gasteiger partial charge < -0.3 is 14.8 Å². The molecule has 4 rings (SSSR count). The van der Waals surface area contributed by atoms with Crippen LogP contribution in [0.25, 0.3) is 10.9 Å². The quantitative estimate of drug-likeness (QED) is 0.778. The maximum Gasteiger partial charge on any atom is 0.255 e. The molecule has 0 atom stereocenters. The predicted octanol–water partition coefficient (Wildman–Crippen LogP) is 2.48. The highest BCUT2D eigenvalue weighted by Gasteiger charge is 2.23. The highest BCUT2D eigenvalue weighted by molar-refractivity contribution is 5.94. The molecule has 6 nitrogen and oxygen atoms in total. The zero-order valence-corrected chi connectivity index (χ0v) is 15.1. The molecule has 1 fully saturated rings. The summed E-state index contributed by atoms with van der Waals surface area (Å²) < 4.78 is 0. The summed E-state index contributed by atoms with van der Waals surface area (Å²) in [5.41, 5.74) is 2.66. The van der Waals surface area contributed by atoms with Gasteiger partial charge in [0, 0.05) is 55.7 Å². The SMILES string of the molecule is O=C(Cc1c[nH]c2ccccc12)N1CCCN(C(=O)c2cccnc2)CC1. The van der Waals surface area contributed by atoms with Gasteiger partial charge in [-0.05, 0) is 30.2 Å². The van der Waals surface area contributed by atoms with Crippen molar-refractivity contribution >= 4 is 22.7 Å². The lowest BCUT2D eigenvalue weighted by Crippen LogP contribution is -2.38. The molecular weight excluding hydrogens is 340 g/mol. The maximum absolute atomic E-state index is 12.8. The number of carbonyl (C=O) groups excluding carboxylic acids is 2. The number of hydrogen-bond acceptors (Lipinski definition) is 3. The fourth-order valence-corrected chi connectivity index (χ4v) is 3.59. The smallest absolute Gasteiger partial charge is 0.255 e. The van der Waals surface area contributed by atoms with Gasteiger partial charge in [0.15, 0.2) is 0 Å². The molecule has 0 radical (unpaired) electrons. The lowest BCUT2D eigenvalue weighted by Gasteiger charge is -2.22. The van der Waals surface area contributed by atoms with Crippen LogP contribution in [0.1, 0.15) is 22.3 Å². The Morgan fingerprint density at radius 1 is 1.00 bits per heavy atom. The third kappa shape index (κ3) is 3.69. The van der Waals surface area contributed by atoms with Crippen LogP contribution in [0, 0.1) is 0 Å². The molecule has 2 aromatic heterocycles. The Kier molecular flexibility index (Phi) is 4.87. The number of nitrogens with zero attached hydrogens (tertiary/aromatic N) is 3. The third-order valence-electron chi connectivity index (χ3n) is 5.06. The molecule has 0 unspecified atom stereocenters. The van der Waals surface area contributed by atoms with Gasteiger partial charge in [0.2, 0.25) is 5.91 Å². The molecule has 1 aromatic carbocycles. The van der Waals surface area contributed by atoms with Crippen LogP contribution < -0.4 is 0 Å². The molecule has 1 aliphatic rings. The van der Waals surface area contributed by atoms with Crippen molar-refractivity contribution in [3.05, 3.63) is 66.1 Å². The minimum Gasteiger partial charge on any atom is -0.361 e. The zero-order chi connectivity index (χ0) is 18.6. The minimum absolute atomic E-state index is 0.0194. The first-order valence-electron chi connectivity index (χ1n) is 9.24. The van der Waals surface area contributed by atoms with E-state index in [9.17, 15) is 9.59 Å². The number of rotatable bonds is 3. The standard InChI is InChI=1S/C21H22N4O2/c26-20(13-17-15-23-19-7-2-1-6-18(17)19)24-9-4-10-25(12-11-24)21(27)16-5-3-8-22-14-16/h1-3,5-8,14-15,23H,4,9-13H2. The molecule has 0 bridgehead atoms. The summed E-state index contributed by atoms with van der Waals surface area (Å²) in [6.45, 7) is 2.45. The fraction of sp³-hybridized carbons (Fsp3) is 0.286. The second-order valence-corrected chi connectivity index (χ2v) is 6.80. The normalized spacial score (nSPS) is 15.0. The molecule has 3 aromatic rings. The van der Waals surface area contributed by atoms with Crippen molar-refractivity contribution in [1.82, 2.24) is 19.8 Å². The van der Waals surface area contributed by atoms with E-state index in [0.717, 1.165) is 22.9 Å². The molecule has 0 saturated carbocycles. The molecule has 2 amide bonds. The Labute approximate surface area is 157 Å². The largest absolute Gasteiger partial charge is 0.361 e. The van der Waals surface area contributed by atoms with Gasteiger partial charge in [-0.25, -0.2) is 0 Å². The van der Waals surface area contributed by atoms with E-state index in [1.807, 2.05) is 40.3 Å². The number of aromatic amines is 1. The van der Waals surface area contributed by atoms with Gasteiger partial charge in [0.1, 0.15) is 0 Å². The number of aromatic nitrogens is 2. The molecule has 138 valence electrons. The van der Waals surface area contributed by atoms with Crippen LogP contribution in [0.4, 0.5) is 0 Å². The molecular formula is C21H22N4O2. The van der Waals surface area contributed by atoms with Gasteiger partial charge in [-0.2, -0.15) is 0 Å². The van der Waals surface area contributed by atoms with Crippen molar-refractivity contribution in [1.29, 1.82) is 0 Å². The monoisotopic (exact) mass is 362 g/mol. The molecule has 0 aliphatic carbocycles. The van der Waals surface area contributed by atoms with E-state index in [0.29, 0.717) is 38.2 Å². The second kappa shape index (κ2) is 7.61.